The number of anilines is 3. The van der Waals surface area contributed by atoms with Crippen molar-refractivity contribution in [3.05, 3.63) is 182 Å². The zero-order chi connectivity index (χ0) is 36.7. The second kappa shape index (κ2) is 12.2. The van der Waals surface area contributed by atoms with E-state index in [0.717, 1.165) is 72.0 Å². The van der Waals surface area contributed by atoms with E-state index in [-0.39, 0.29) is 0 Å². The Morgan fingerprint density at radius 1 is 0.411 bits per heavy atom. The highest BCUT2D eigenvalue weighted by atomic mass is 32.1. The average molecular weight is 735 g/mol. The van der Waals surface area contributed by atoms with Crippen LogP contribution in [-0.2, 0) is 0 Å². The maximum absolute atomic E-state index is 6.67. The maximum Gasteiger partial charge on any atom is 0.228 e. The van der Waals surface area contributed by atoms with Crippen molar-refractivity contribution in [2.24, 2.45) is 0 Å². The van der Waals surface area contributed by atoms with E-state index in [1.165, 1.54) is 36.5 Å². The van der Waals surface area contributed by atoms with Crippen LogP contribution < -0.4 is 4.90 Å². The van der Waals surface area contributed by atoms with E-state index >= 15 is 0 Å². The fourth-order valence-electron chi connectivity index (χ4n) is 8.40. The van der Waals surface area contributed by atoms with Crippen molar-refractivity contribution in [1.82, 2.24) is 4.98 Å². The standard InChI is InChI=1S/C51H30N2O2S/c1-2-10-31(11-3-1)33-15-8-16-36(26-33)53(38-21-23-40-43-27-34-13-4-5-14-35(34)28-47(43)56-48(40)30-38)37-22-24-41-46(29-37)54-44-19-9-18-42(49(41)44)51-52-50-39-17-7-6-12-32(39)20-25-45(50)55-51/h1-30H. The van der Waals surface area contributed by atoms with Gasteiger partial charge in [-0.2, -0.15) is 0 Å². The Kier molecular flexibility index (Phi) is 6.76. The van der Waals surface area contributed by atoms with Crippen molar-refractivity contribution in [2.75, 3.05) is 4.90 Å². The lowest BCUT2D eigenvalue weighted by Gasteiger charge is -2.26. The van der Waals surface area contributed by atoms with Crippen LogP contribution >= 0.6 is 11.3 Å². The summed E-state index contributed by atoms with van der Waals surface area (Å²) in [4.78, 5) is 7.39. The number of nitrogens with zero attached hydrogens (tertiary/aromatic N) is 2. The Morgan fingerprint density at radius 3 is 2.02 bits per heavy atom. The van der Waals surface area contributed by atoms with Gasteiger partial charge in [0.15, 0.2) is 5.58 Å². The van der Waals surface area contributed by atoms with Crippen LogP contribution in [0.3, 0.4) is 0 Å². The minimum absolute atomic E-state index is 0.581. The first-order valence-corrected chi connectivity index (χ1v) is 19.6. The highest BCUT2D eigenvalue weighted by Crippen LogP contribution is 2.45. The van der Waals surface area contributed by atoms with Crippen molar-refractivity contribution in [3.8, 4) is 22.6 Å². The summed E-state index contributed by atoms with van der Waals surface area (Å²) in [5.41, 5.74) is 9.60. The summed E-state index contributed by atoms with van der Waals surface area (Å²) in [5, 5.41) is 9.29. The highest BCUT2D eigenvalue weighted by Gasteiger charge is 2.21. The summed E-state index contributed by atoms with van der Waals surface area (Å²) in [6, 6.07) is 64.5. The lowest BCUT2D eigenvalue weighted by Crippen LogP contribution is -2.09. The molecule has 9 aromatic carbocycles. The van der Waals surface area contributed by atoms with Crippen LogP contribution in [0.4, 0.5) is 17.1 Å². The third-order valence-corrected chi connectivity index (χ3v) is 12.2. The summed E-state index contributed by atoms with van der Waals surface area (Å²) in [6.07, 6.45) is 0. The van der Waals surface area contributed by atoms with Crippen LogP contribution in [0.2, 0.25) is 0 Å². The molecule has 262 valence electrons. The van der Waals surface area contributed by atoms with Crippen molar-refractivity contribution in [2.45, 2.75) is 0 Å². The number of furan rings is 1. The molecule has 0 bridgehead atoms. The molecule has 0 unspecified atom stereocenters. The summed E-state index contributed by atoms with van der Waals surface area (Å²) in [7, 11) is 0. The first kappa shape index (κ1) is 31.2. The number of benzene rings is 9. The molecule has 0 aliphatic heterocycles. The molecule has 12 aromatic rings. The van der Waals surface area contributed by atoms with Crippen molar-refractivity contribution < 1.29 is 8.83 Å². The minimum Gasteiger partial charge on any atom is -0.456 e. The highest BCUT2D eigenvalue weighted by molar-refractivity contribution is 7.25. The third-order valence-electron chi connectivity index (χ3n) is 11.0. The smallest absolute Gasteiger partial charge is 0.228 e. The largest absolute Gasteiger partial charge is 0.456 e. The first-order valence-electron chi connectivity index (χ1n) is 18.8. The van der Waals surface area contributed by atoms with Gasteiger partial charge in [-0.05, 0) is 94.0 Å². The van der Waals surface area contributed by atoms with Crippen molar-refractivity contribution >= 4 is 103 Å². The molecule has 0 atom stereocenters. The van der Waals surface area contributed by atoms with Gasteiger partial charge in [0.2, 0.25) is 5.89 Å². The van der Waals surface area contributed by atoms with E-state index in [2.05, 4.69) is 157 Å². The fourth-order valence-corrected chi connectivity index (χ4v) is 9.57. The molecule has 56 heavy (non-hydrogen) atoms. The lowest BCUT2D eigenvalue weighted by atomic mass is 10.0. The van der Waals surface area contributed by atoms with Gasteiger partial charge in [-0.15, -0.1) is 11.3 Å². The van der Waals surface area contributed by atoms with Gasteiger partial charge in [0.1, 0.15) is 16.7 Å². The molecule has 0 saturated carbocycles. The van der Waals surface area contributed by atoms with Gasteiger partial charge in [-0.25, -0.2) is 4.98 Å². The van der Waals surface area contributed by atoms with Gasteiger partial charge < -0.3 is 13.7 Å². The van der Waals surface area contributed by atoms with Crippen LogP contribution in [0, 0.1) is 0 Å². The topological polar surface area (TPSA) is 42.4 Å². The van der Waals surface area contributed by atoms with Gasteiger partial charge >= 0.3 is 0 Å². The molecule has 3 heterocycles. The third kappa shape index (κ3) is 4.88. The molecule has 0 N–H and O–H groups in total. The van der Waals surface area contributed by atoms with E-state index in [9.17, 15) is 0 Å². The van der Waals surface area contributed by atoms with Crippen LogP contribution in [0.15, 0.2) is 191 Å². The zero-order valence-corrected chi connectivity index (χ0v) is 30.8. The molecule has 5 heteroatoms. The molecule has 12 rings (SSSR count). The number of hydrogen-bond acceptors (Lipinski definition) is 5. The van der Waals surface area contributed by atoms with E-state index in [1.807, 2.05) is 41.7 Å². The Labute approximate surface area is 325 Å². The Hall–Kier alpha value is -7.21. The molecule has 0 fully saturated rings. The number of thiophene rings is 1. The Bertz CT molecular complexity index is 3500. The molecule has 0 saturated heterocycles. The summed E-state index contributed by atoms with van der Waals surface area (Å²) in [5.74, 6) is 0.581. The molecular formula is C51H30N2O2S. The molecule has 0 aliphatic rings. The molecule has 0 aliphatic carbocycles. The van der Waals surface area contributed by atoms with E-state index in [1.54, 1.807) is 0 Å². The van der Waals surface area contributed by atoms with Crippen LogP contribution in [0.1, 0.15) is 0 Å². The normalized spacial score (nSPS) is 11.9. The number of hydrogen-bond donors (Lipinski definition) is 0. The number of oxazole rings is 1. The maximum atomic E-state index is 6.67. The van der Waals surface area contributed by atoms with E-state index in [0.29, 0.717) is 5.89 Å². The minimum atomic E-state index is 0.581. The monoisotopic (exact) mass is 734 g/mol. The lowest BCUT2D eigenvalue weighted by molar-refractivity contribution is 0.620. The molecular weight excluding hydrogens is 705 g/mol. The molecule has 0 amide bonds. The van der Waals surface area contributed by atoms with E-state index < -0.39 is 0 Å². The predicted octanol–water partition coefficient (Wildman–Crippen LogP) is 15.2. The second-order valence-corrected chi connectivity index (χ2v) is 15.4. The van der Waals surface area contributed by atoms with Crippen LogP contribution in [0.25, 0.3) is 97.3 Å². The van der Waals surface area contributed by atoms with Gasteiger partial charge in [-0.1, -0.05) is 109 Å². The summed E-state index contributed by atoms with van der Waals surface area (Å²) < 4.78 is 15.6. The molecule has 4 nitrogen and oxygen atoms in total. The van der Waals surface area contributed by atoms with Crippen LogP contribution in [0.5, 0.6) is 0 Å². The average Bonchev–Trinajstić information content (AvgIpc) is 3.96. The summed E-state index contributed by atoms with van der Waals surface area (Å²) in [6.45, 7) is 0. The van der Waals surface area contributed by atoms with Crippen molar-refractivity contribution in [1.29, 1.82) is 0 Å². The SMILES string of the molecule is c1ccc(-c2cccc(N(c3ccc4c(c3)oc3cccc(-c5nc6c(ccc7ccccc76)o5)c34)c3ccc4c(c3)sc3cc5ccccc5cc34)c2)cc1. The summed E-state index contributed by atoms with van der Waals surface area (Å²) >= 11 is 1.85. The second-order valence-electron chi connectivity index (χ2n) is 14.3. The first-order chi connectivity index (χ1) is 27.7. The predicted molar refractivity (Wildman–Crippen MR) is 235 cm³/mol. The number of fused-ring (bicyclic) bond motifs is 10. The van der Waals surface area contributed by atoms with Gasteiger partial charge in [-0.3, -0.25) is 0 Å². The van der Waals surface area contributed by atoms with Gasteiger partial charge in [0.25, 0.3) is 0 Å². The van der Waals surface area contributed by atoms with Crippen LogP contribution in [-0.4, -0.2) is 4.98 Å². The zero-order valence-electron chi connectivity index (χ0n) is 29.9. The quantitative estimate of drug-likeness (QED) is 0.177. The Balaban J connectivity index is 1.03. The molecule has 0 spiro atoms. The van der Waals surface area contributed by atoms with Gasteiger partial charge in [0.05, 0.1) is 0 Å². The number of rotatable bonds is 5. The van der Waals surface area contributed by atoms with Gasteiger partial charge in [0, 0.05) is 65.0 Å². The Morgan fingerprint density at radius 2 is 1.12 bits per heavy atom. The fraction of sp³-hybridized carbons (Fsp3) is 0. The molecule has 3 aromatic heterocycles. The number of aromatic nitrogens is 1. The van der Waals surface area contributed by atoms with Crippen molar-refractivity contribution in [3.63, 3.8) is 0 Å². The molecule has 0 radical (unpaired) electrons. The van der Waals surface area contributed by atoms with E-state index in [4.69, 9.17) is 13.8 Å².